The van der Waals surface area contributed by atoms with E-state index in [1.807, 2.05) is 32.0 Å². The molecule has 0 fully saturated rings. The fourth-order valence-electron chi connectivity index (χ4n) is 2.87. The smallest absolute Gasteiger partial charge is 0.278 e. The van der Waals surface area contributed by atoms with E-state index in [0.29, 0.717) is 5.65 Å². The number of H-pyrrole nitrogens is 1. The van der Waals surface area contributed by atoms with E-state index in [1.54, 1.807) is 12.3 Å². The number of alkyl halides is 2. The van der Waals surface area contributed by atoms with Crippen LogP contribution in [0.4, 0.5) is 8.78 Å². The first-order chi connectivity index (χ1) is 11.0. The minimum absolute atomic E-state index is 0.408. The molecule has 0 spiro atoms. The molecule has 0 bridgehead atoms. The number of aromatic amines is 1. The number of hydrogen-bond donors (Lipinski definition) is 1. The van der Waals surface area contributed by atoms with Gasteiger partial charge in [-0.3, -0.25) is 5.10 Å². The highest BCUT2D eigenvalue weighted by Crippen LogP contribution is 2.29. The third kappa shape index (κ3) is 2.08. The minimum atomic E-state index is -2.69. The Labute approximate surface area is 130 Å². The zero-order valence-corrected chi connectivity index (χ0v) is 12.5. The van der Waals surface area contributed by atoms with Gasteiger partial charge in [0.25, 0.3) is 6.43 Å². The van der Waals surface area contributed by atoms with Crippen LogP contribution in [0.15, 0.2) is 30.5 Å². The third-order valence-corrected chi connectivity index (χ3v) is 3.93. The molecule has 0 saturated heterocycles. The number of halogens is 2. The normalized spacial score (nSPS) is 11.9. The number of fused-ring (bicyclic) bond motifs is 2. The van der Waals surface area contributed by atoms with Crippen molar-refractivity contribution in [2.45, 2.75) is 20.3 Å². The van der Waals surface area contributed by atoms with Crippen molar-refractivity contribution >= 4 is 16.6 Å². The van der Waals surface area contributed by atoms with Crippen LogP contribution in [0.3, 0.4) is 0 Å². The molecule has 0 atom stereocenters. The van der Waals surface area contributed by atoms with Crippen LogP contribution in [0.1, 0.15) is 23.4 Å². The summed E-state index contributed by atoms with van der Waals surface area (Å²) in [5, 5.41) is 11.9. The van der Waals surface area contributed by atoms with Gasteiger partial charge in [0.1, 0.15) is 0 Å². The molecule has 3 aromatic heterocycles. The van der Waals surface area contributed by atoms with Crippen LogP contribution < -0.4 is 0 Å². The summed E-state index contributed by atoms with van der Waals surface area (Å²) >= 11 is 0. The van der Waals surface area contributed by atoms with Gasteiger partial charge in [0.2, 0.25) is 5.82 Å². The van der Waals surface area contributed by atoms with Crippen molar-refractivity contribution in [3.8, 4) is 11.3 Å². The lowest BCUT2D eigenvalue weighted by molar-refractivity contribution is 0.140. The van der Waals surface area contributed by atoms with E-state index < -0.39 is 12.2 Å². The summed E-state index contributed by atoms with van der Waals surface area (Å²) in [6.07, 6.45) is -0.950. The van der Waals surface area contributed by atoms with Crippen molar-refractivity contribution in [1.82, 2.24) is 24.8 Å². The zero-order chi connectivity index (χ0) is 16.1. The summed E-state index contributed by atoms with van der Waals surface area (Å²) in [5.41, 5.74) is 4.99. The molecule has 0 aliphatic rings. The van der Waals surface area contributed by atoms with E-state index >= 15 is 0 Å². The Morgan fingerprint density at radius 3 is 2.74 bits per heavy atom. The summed E-state index contributed by atoms with van der Waals surface area (Å²) in [7, 11) is 0. The number of nitrogens with one attached hydrogen (secondary N) is 1. The van der Waals surface area contributed by atoms with Crippen LogP contribution >= 0.6 is 0 Å². The van der Waals surface area contributed by atoms with E-state index in [1.165, 1.54) is 4.52 Å². The molecule has 4 aromatic rings. The molecule has 0 saturated carbocycles. The van der Waals surface area contributed by atoms with Gasteiger partial charge in [-0.15, -0.1) is 5.10 Å². The maximum Gasteiger partial charge on any atom is 0.299 e. The lowest BCUT2D eigenvalue weighted by Gasteiger charge is -2.09. The molecule has 4 rings (SSSR count). The molecule has 116 valence electrons. The highest BCUT2D eigenvalue weighted by Gasteiger charge is 2.18. The second-order valence-corrected chi connectivity index (χ2v) is 5.53. The quantitative estimate of drug-likeness (QED) is 0.612. The van der Waals surface area contributed by atoms with Gasteiger partial charge in [-0.1, -0.05) is 6.07 Å². The van der Waals surface area contributed by atoms with Crippen LogP contribution in [-0.2, 0) is 0 Å². The molecule has 5 nitrogen and oxygen atoms in total. The second-order valence-electron chi connectivity index (χ2n) is 5.53. The molecule has 0 aliphatic carbocycles. The van der Waals surface area contributed by atoms with Crippen molar-refractivity contribution in [3.05, 3.63) is 47.4 Å². The predicted octanol–water partition coefficient (Wildman–Crippen LogP) is 3.83. The highest BCUT2D eigenvalue weighted by molar-refractivity contribution is 5.87. The molecule has 7 heteroatoms. The molecular formula is C16H13F2N5. The first-order valence-electron chi connectivity index (χ1n) is 7.13. The van der Waals surface area contributed by atoms with Crippen LogP contribution in [0.25, 0.3) is 27.8 Å². The van der Waals surface area contributed by atoms with Gasteiger partial charge in [0, 0.05) is 10.9 Å². The van der Waals surface area contributed by atoms with Gasteiger partial charge in [0.15, 0.2) is 5.65 Å². The molecule has 0 amide bonds. The number of benzene rings is 1. The maximum absolute atomic E-state index is 12.9. The van der Waals surface area contributed by atoms with E-state index in [4.69, 9.17) is 0 Å². The number of aryl methyl sites for hydroxylation is 2. The van der Waals surface area contributed by atoms with Gasteiger partial charge in [0.05, 0.1) is 17.4 Å². The summed E-state index contributed by atoms with van der Waals surface area (Å²) in [4.78, 5) is 3.90. The molecule has 3 heterocycles. The van der Waals surface area contributed by atoms with Gasteiger partial charge in [-0.05, 0) is 43.2 Å². The first kappa shape index (κ1) is 13.8. The van der Waals surface area contributed by atoms with E-state index in [9.17, 15) is 8.78 Å². The average molecular weight is 313 g/mol. The molecule has 1 N–H and O–H groups in total. The maximum atomic E-state index is 12.9. The molecule has 0 radical (unpaired) electrons. The van der Waals surface area contributed by atoms with Gasteiger partial charge in [-0.25, -0.2) is 18.3 Å². The van der Waals surface area contributed by atoms with Crippen LogP contribution in [-0.4, -0.2) is 24.8 Å². The Hall–Kier alpha value is -2.83. The molecular weight excluding hydrogens is 300 g/mol. The molecule has 1 aromatic carbocycles. The number of rotatable bonds is 2. The van der Waals surface area contributed by atoms with Crippen molar-refractivity contribution in [1.29, 1.82) is 0 Å². The molecule has 23 heavy (non-hydrogen) atoms. The highest BCUT2D eigenvalue weighted by atomic mass is 19.3. The monoisotopic (exact) mass is 313 g/mol. The van der Waals surface area contributed by atoms with E-state index in [-0.39, 0.29) is 0 Å². The Morgan fingerprint density at radius 1 is 1.13 bits per heavy atom. The Kier molecular flexibility index (Phi) is 2.90. The van der Waals surface area contributed by atoms with Crippen LogP contribution in [0.2, 0.25) is 0 Å². The average Bonchev–Trinajstić information content (AvgIpc) is 3.13. The summed E-state index contributed by atoms with van der Waals surface area (Å²) in [5.74, 6) is -0.460. The van der Waals surface area contributed by atoms with Gasteiger partial charge >= 0.3 is 0 Å². The van der Waals surface area contributed by atoms with Crippen molar-refractivity contribution in [3.63, 3.8) is 0 Å². The topological polar surface area (TPSA) is 58.9 Å². The summed E-state index contributed by atoms with van der Waals surface area (Å²) < 4.78 is 27.3. The van der Waals surface area contributed by atoms with Crippen LogP contribution in [0, 0.1) is 13.8 Å². The summed E-state index contributed by atoms with van der Waals surface area (Å²) in [6.45, 7) is 3.90. The van der Waals surface area contributed by atoms with Crippen LogP contribution in [0.5, 0.6) is 0 Å². The first-order valence-corrected chi connectivity index (χ1v) is 7.13. The van der Waals surface area contributed by atoms with Crippen molar-refractivity contribution in [2.75, 3.05) is 0 Å². The predicted molar refractivity (Wildman–Crippen MR) is 82.5 cm³/mol. The van der Waals surface area contributed by atoms with Crippen molar-refractivity contribution in [2.24, 2.45) is 0 Å². The molecule has 0 unspecified atom stereocenters. The fourth-order valence-corrected chi connectivity index (χ4v) is 2.87. The minimum Gasteiger partial charge on any atom is -0.278 e. The lowest BCUT2D eigenvalue weighted by Crippen LogP contribution is -1.98. The SMILES string of the molecule is Cc1ccc2nc(C(F)F)nn2c1-c1cc(C)c2[nH]ncc2c1. The Balaban J connectivity index is 2.04. The summed E-state index contributed by atoms with van der Waals surface area (Å²) in [6, 6.07) is 7.52. The third-order valence-electron chi connectivity index (χ3n) is 3.93. The Morgan fingerprint density at radius 2 is 1.96 bits per heavy atom. The van der Waals surface area contributed by atoms with E-state index in [0.717, 1.165) is 33.3 Å². The van der Waals surface area contributed by atoms with Crippen molar-refractivity contribution < 1.29 is 8.78 Å². The standard InChI is InChI=1S/C16H13F2N5/c1-8-3-4-12-20-16(15(17)18)22-23(12)14(8)10-5-9(2)13-11(6-10)7-19-21-13/h3-7,15H,1-2H3,(H,19,21). The van der Waals surface area contributed by atoms with E-state index in [2.05, 4.69) is 20.3 Å². The number of hydrogen-bond acceptors (Lipinski definition) is 3. The number of nitrogens with zero attached hydrogens (tertiary/aromatic N) is 4. The van der Waals surface area contributed by atoms with Gasteiger partial charge in [-0.2, -0.15) is 5.10 Å². The lowest BCUT2D eigenvalue weighted by atomic mass is 10.0. The van der Waals surface area contributed by atoms with Gasteiger partial charge < -0.3 is 0 Å². The number of pyridine rings is 1. The second kappa shape index (κ2) is 4.84. The zero-order valence-electron chi connectivity index (χ0n) is 12.5. The Bertz CT molecular complexity index is 1030. The molecule has 0 aliphatic heterocycles. The number of aromatic nitrogens is 5. The largest absolute Gasteiger partial charge is 0.299 e. The fraction of sp³-hybridized carbons (Fsp3) is 0.188.